The van der Waals surface area contributed by atoms with Gasteiger partial charge in [0.05, 0.1) is 0 Å². The van der Waals surface area contributed by atoms with Gasteiger partial charge in [-0.05, 0) is 39.5 Å². The lowest BCUT2D eigenvalue weighted by molar-refractivity contribution is 0.481. The van der Waals surface area contributed by atoms with E-state index in [1.807, 2.05) is 0 Å². The van der Waals surface area contributed by atoms with Gasteiger partial charge >= 0.3 is 0 Å². The highest BCUT2D eigenvalue weighted by Crippen LogP contribution is 2.29. The minimum Gasteiger partial charge on any atom is -0.370 e. The number of hydrogen-bond donors (Lipinski definition) is 2. The van der Waals surface area contributed by atoms with E-state index in [1.54, 1.807) is 6.33 Å². The van der Waals surface area contributed by atoms with Crippen LogP contribution >= 0.6 is 0 Å². The van der Waals surface area contributed by atoms with Crippen molar-refractivity contribution in [2.24, 2.45) is 5.92 Å². The molecule has 0 amide bonds. The van der Waals surface area contributed by atoms with E-state index >= 15 is 0 Å². The Labute approximate surface area is 110 Å². The second-order valence-corrected chi connectivity index (χ2v) is 5.20. The predicted octanol–water partition coefficient (Wildman–Crippen LogP) is 3.21. The summed E-state index contributed by atoms with van der Waals surface area (Å²) in [6.07, 6.45) is 7.08. The molecule has 1 atom stereocenters. The molecule has 0 aliphatic heterocycles. The van der Waals surface area contributed by atoms with Gasteiger partial charge in [-0.15, -0.1) is 0 Å². The van der Waals surface area contributed by atoms with Gasteiger partial charge in [0.25, 0.3) is 0 Å². The van der Waals surface area contributed by atoms with Crippen molar-refractivity contribution in [3.05, 3.63) is 11.9 Å². The second-order valence-electron chi connectivity index (χ2n) is 5.20. The molecule has 0 radical (unpaired) electrons. The Morgan fingerprint density at radius 1 is 1.28 bits per heavy atom. The first-order valence-electron chi connectivity index (χ1n) is 7.04. The summed E-state index contributed by atoms with van der Waals surface area (Å²) in [5.41, 5.74) is 1.11. The van der Waals surface area contributed by atoms with Crippen LogP contribution in [-0.4, -0.2) is 22.6 Å². The summed E-state index contributed by atoms with van der Waals surface area (Å²) in [5.74, 6) is 2.70. The Balaban J connectivity index is 2.06. The standard InChI is InChI=1S/C14H24N4/c1-4-15-13-10(2)14(17-9-16-13)18-11(3)12-7-5-6-8-12/h9,11-12H,4-8H2,1-3H3,(H2,15,16,17,18). The van der Waals surface area contributed by atoms with E-state index in [9.17, 15) is 0 Å². The highest BCUT2D eigenvalue weighted by Gasteiger charge is 2.22. The van der Waals surface area contributed by atoms with Crippen LogP contribution in [0.15, 0.2) is 6.33 Å². The van der Waals surface area contributed by atoms with E-state index in [4.69, 9.17) is 0 Å². The quantitative estimate of drug-likeness (QED) is 0.840. The fraction of sp³-hybridized carbons (Fsp3) is 0.714. The van der Waals surface area contributed by atoms with Gasteiger partial charge in [0.2, 0.25) is 0 Å². The summed E-state index contributed by atoms with van der Waals surface area (Å²) in [6.45, 7) is 7.30. The van der Waals surface area contributed by atoms with Crippen molar-refractivity contribution in [2.75, 3.05) is 17.2 Å². The van der Waals surface area contributed by atoms with Gasteiger partial charge in [-0.2, -0.15) is 0 Å². The summed E-state index contributed by atoms with van der Waals surface area (Å²) in [4.78, 5) is 8.64. The summed E-state index contributed by atoms with van der Waals surface area (Å²) in [7, 11) is 0. The first-order chi connectivity index (χ1) is 8.72. The van der Waals surface area contributed by atoms with E-state index in [0.29, 0.717) is 6.04 Å². The summed E-state index contributed by atoms with van der Waals surface area (Å²) < 4.78 is 0. The first-order valence-corrected chi connectivity index (χ1v) is 7.04. The average molecular weight is 248 g/mol. The Hall–Kier alpha value is -1.32. The minimum absolute atomic E-state index is 0.496. The highest BCUT2D eigenvalue weighted by atomic mass is 15.1. The molecule has 1 aliphatic carbocycles. The molecule has 2 N–H and O–H groups in total. The zero-order chi connectivity index (χ0) is 13.0. The smallest absolute Gasteiger partial charge is 0.134 e. The van der Waals surface area contributed by atoms with Gasteiger partial charge < -0.3 is 10.6 Å². The predicted molar refractivity (Wildman–Crippen MR) is 76.0 cm³/mol. The summed E-state index contributed by atoms with van der Waals surface area (Å²) in [5, 5.41) is 6.83. The Bertz CT molecular complexity index is 385. The maximum absolute atomic E-state index is 4.37. The number of nitrogens with zero attached hydrogens (tertiary/aromatic N) is 2. The van der Waals surface area contributed by atoms with E-state index in [0.717, 1.165) is 29.7 Å². The number of aromatic nitrogens is 2. The van der Waals surface area contributed by atoms with Crippen LogP contribution in [0.4, 0.5) is 11.6 Å². The maximum atomic E-state index is 4.37. The van der Waals surface area contributed by atoms with Crippen molar-refractivity contribution >= 4 is 11.6 Å². The highest BCUT2D eigenvalue weighted by molar-refractivity contribution is 5.56. The van der Waals surface area contributed by atoms with Gasteiger partial charge in [0.1, 0.15) is 18.0 Å². The molecule has 0 aromatic carbocycles. The van der Waals surface area contributed by atoms with Gasteiger partial charge in [-0.25, -0.2) is 9.97 Å². The third-order valence-electron chi connectivity index (χ3n) is 3.90. The molecule has 1 fully saturated rings. The van der Waals surface area contributed by atoms with Crippen molar-refractivity contribution in [3.63, 3.8) is 0 Å². The fourth-order valence-electron chi connectivity index (χ4n) is 2.73. The van der Waals surface area contributed by atoms with E-state index in [1.165, 1.54) is 25.7 Å². The molecule has 0 spiro atoms. The van der Waals surface area contributed by atoms with Crippen LogP contribution in [0.5, 0.6) is 0 Å². The second kappa shape index (κ2) is 6.03. The SMILES string of the molecule is CCNc1ncnc(NC(C)C2CCCC2)c1C. The van der Waals surface area contributed by atoms with Crippen molar-refractivity contribution < 1.29 is 0 Å². The Morgan fingerprint density at radius 3 is 2.61 bits per heavy atom. The minimum atomic E-state index is 0.496. The molecule has 1 aromatic heterocycles. The number of nitrogens with one attached hydrogen (secondary N) is 2. The molecule has 4 nitrogen and oxygen atoms in total. The summed E-state index contributed by atoms with van der Waals surface area (Å²) >= 11 is 0. The van der Waals surface area contributed by atoms with Crippen LogP contribution in [0.25, 0.3) is 0 Å². The lowest BCUT2D eigenvalue weighted by Crippen LogP contribution is -2.25. The molecular formula is C14H24N4. The average Bonchev–Trinajstić information content (AvgIpc) is 2.88. The topological polar surface area (TPSA) is 49.8 Å². The van der Waals surface area contributed by atoms with Crippen molar-refractivity contribution in [1.29, 1.82) is 0 Å². The molecule has 4 heteroatoms. The molecular weight excluding hydrogens is 224 g/mol. The van der Waals surface area contributed by atoms with Gasteiger partial charge in [-0.3, -0.25) is 0 Å². The molecule has 1 aliphatic rings. The Kier molecular flexibility index (Phi) is 4.39. The van der Waals surface area contributed by atoms with Crippen LogP contribution in [0.1, 0.15) is 45.1 Å². The Morgan fingerprint density at radius 2 is 1.94 bits per heavy atom. The van der Waals surface area contributed by atoms with Crippen molar-refractivity contribution in [3.8, 4) is 0 Å². The molecule has 2 rings (SSSR count). The zero-order valence-electron chi connectivity index (χ0n) is 11.7. The fourth-order valence-corrected chi connectivity index (χ4v) is 2.73. The van der Waals surface area contributed by atoms with Crippen molar-refractivity contribution in [1.82, 2.24) is 9.97 Å². The normalized spacial score (nSPS) is 17.7. The molecule has 1 saturated carbocycles. The van der Waals surface area contributed by atoms with E-state index in [2.05, 4.69) is 41.4 Å². The zero-order valence-corrected chi connectivity index (χ0v) is 11.7. The maximum Gasteiger partial charge on any atom is 0.134 e. The van der Waals surface area contributed by atoms with Gasteiger partial charge in [0, 0.05) is 18.2 Å². The number of anilines is 2. The van der Waals surface area contributed by atoms with Crippen molar-refractivity contribution in [2.45, 2.75) is 52.5 Å². The third-order valence-corrected chi connectivity index (χ3v) is 3.90. The van der Waals surface area contributed by atoms with Crippen LogP contribution in [0.3, 0.4) is 0 Å². The monoisotopic (exact) mass is 248 g/mol. The first kappa shape index (κ1) is 13.1. The van der Waals surface area contributed by atoms with Crippen LogP contribution in [0, 0.1) is 12.8 Å². The lowest BCUT2D eigenvalue weighted by Gasteiger charge is -2.22. The molecule has 18 heavy (non-hydrogen) atoms. The van der Waals surface area contributed by atoms with E-state index in [-0.39, 0.29) is 0 Å². The van der Waals surface area contributed by atoms with E-state index < -0.39 is 0 Å². The lowest BCUT2D eigenvalue weighted by atomic mass is 10.00. The number of hydrogen-bond acceptors (Lipinski definition) is 4. The van der Waals surface area contributed by atoms with Gasteiger partial charge in [0.15, 0.2) is 0 Å². The van der Waals surface area contributed by atoms with Crippen LogP contribution < -0.4 is 10.6 Å². The van der Waals surface area contributed by atoms with Gasteiger partial charge in [-0.1, -0.05) is 12.8 Å². The molecule has 100 valence electrons. The van der Waals surface area contributed by atoms with Crippen LogP contribution in [-0.2, 0) is 0 Å². The molecule has 0 bridgehead atoms. The molecule has 0 saturated heterocycles. The molecule has 1 aromatic rings. The summed E-state index contributed by atoms with van der Waals surface area (Å²) in [6, 6.07) is 0.496. The largest absolute Gasteiger partial charge is 0.370 e. The molecule has 1 heterocycles. The number of rotatable bonds is 5. The molecule has 1 unspecified atom stereocenters. The van der Waals surface area contributed by atoms with Crippen LogP contribution in [0.2, 0.25) is 0 Å². The third kappa shape index (κ3) is 2.92.